The van der Waals surface area contributed by atoms with E-state index in [1.165, 1.54) is 42.5 Å². The van der Waals surface area contributed by atoms with Gasteiger partial charge in [0.05, 0.1) is 0 Å². The minimum atomic E-state index is 0.719. The lowest BCUT2D eigenvalue weighted by Crippen LogP contribution is -2.37. The van der Waals surface area contributed by atoms with E-state index in [0.717, 1.165) is 12.0 Å². The summed E-state index contributed by atoms with van der Waals surface area (Å²) in [6, 6.07) is 7.62. The van der Waals surface area contributed by atoms with Crippen LogP contribution in [0.2, 0.25) is 0 Å². The maximum atomic E-state index is 3.58. The number of benzene rings is 1. The van der Waals surface area contributed by atoms with Crippen molar-refractivity contribution in [3.05, 3.63) is 34.9 Å². The highest BCUT2D eigenvalue weighted by Gasteiger charge is 2.17. The molecule has 1 fully saturated rings. The highest BCUT2D eigenvalue weighted by atomic mass is 14.9. The van der Waals surface area contributed by atoms with Crippen molar-refractivity contribution in [1.82, 2.24) is 5.32 Å². The average Bonchev–Trinajstić information content (AvgIpc) is 2.27. The molecular formula is C15H23N. The van der Waals surface area contributed by atoms with Crippen molar-refractivity contribution in [2.24, 2.45) is 5.92 Å². The second-order valence-corrected chi connectivity index (χ2v) is 5.38. The van der Waals surface area contributed by atoms with Crippen LogP contribution in [0.3, 0.4) is 0 Å². The first-order valence-corrected chi connectivity index (χ1v) is 6.44. The Morgan fingerprint density at radius 3 is 2.62 bits per heavy atom. The summed E-state index contributed by atoms with van der Waals surface area (Å²) in [7, 11) is 0. The molecule has 1 heteroatoms. The quantitative estimate of drug-likeness (QED) is 0.802. The smallest absolute Gasteiger partial charge is 0.00389 e. The maximum Gasteiger partial charge on any atom is 0.00389 e. The van der Waals surface area contributed by atoms with Crippen LogP contribution in [-0.4, -0.2) is 12.6 Å². The molecule has 0 saturated carbocycles. The molecule has 1 aliphatic heterocycles. The molecule has 2 rings (SSSR count). The van der Waals surface area contributed by atoms with Crippen molar-refractivity contribution in [3.8, 4) is 0 Å². The van der Waals surface area contributed by atoms with E-state index in [2.05, 4.69) is 44.3 Å². The van der Waals surface area contributed by atoms with Gasteiger partial charge in [-0.2, -0.15) is 0 Å². The van der Waals surface area contributed by atoms with E-state index >= 15 is 0 Å². The third kappa shape index (κ3) is 2.85. The molecule has 16 heavy (non-hydrogen) atoms. The number of hydrogen-bond acceptors (Lipinski definition) is 1. The predicted octanol–water partition coefficient (Wildman–Crippen LogP) is 3.23. The summed E-state index contributed by atoms with van der Waals surface area (Å²) < 4.78 is 0. The summed E-state index contributed by atoms with van der Waals surface area (Å²) >= 11 is 0. The molecule has 1 N–H and O–H groups in total. The standard InChI is InChI=1S/C15H23N/c1-11-4-6-14(8-12(11)2)9-15-7-5-13(3)16-10-15/h4,6,8,13,15-16H,5,7,9-10H2,1-3H3. The summed E-state index contributed by atoms with van der Waals surface area (Å²) in [5.74, 6) is 0.832. The number of piperidine rings is 1. The third-order valence-corrected chi connectivity index (χ3v) is 3.86. The van der Waals surface area contributed by atoms with Crippen molar-refractivity contribution in [2.75, 3.05) is 6.54 Å². The molecule has 1 nitrogen and oxygen atoms in total. The normalized spacial score (nSPS) is 25.7. The Hall–Kier alpha value is -0.820. The Balaban J connectivity index is 1.96. The minimum Gasteiger partial charge on any atom is -0.314 e. The van der Waals surface area contributed by atoms with Gasteiger partial charge in [-0.05, 0) is 69.2 Å². The predicted molar refractivity (Wildman–Crippen MR) is 69.8 cm³/mol. The van der Waals surface area contributed by atoms with Crippen LogP contribution >= 0.6 is 0 Å². The monoisotopic (exact) mass is 217 g/mol. The van der Waals surface area contributed by atoms with Crippen LogP contribution in [0.4, 0.5) is 0 Å². The highest BCUT2D eigenvalue weighted by Crippen LogP contribution is 2.20. The van der Waals surface area contributed by atoms with Crippen LogP contribution in [-0.2, 0) is 6.42 Å². The van der Waals surface area contributed by atoms with Gasteiger partial charge < -0.3 is 5.32 Å². The first-order valence-electron chi connectivity index (χ1n) is 6.44. The van der Waals surface area contributed by atoms with Crippen molar-refractivity contribution in [2.45, 2.75) is 46.1 Å². The van der Waals surface area contributed by atoms with Gasteiger partial charge in [0, 0.05) is 6.04 Å². The fourth-order valence-corrected chi connectivity index (χ4v) is 2.50. The molecule has 0 radical (unpaired) electrons. The van der Waals surface area contributed by atoms with Gasteiger partial charge in [0.1, 0.15) is 0 Å². The zero-order valence-electron chi connectivity index (χ0n) is 10.7. The van der Waals surface area contributed by atoms with Crippen LogP contribution in [0.5, 0.6) is 0 Å². The lowest BCUT2D eigenvalue weighted by molar-refractivity contribution is 0.322. The van der Waals surface area contributed by atoms with Crippen molar-refractivity contribution >= 4 is 0 Å². The van der Waals surface area contributed by atoms with Gasteiger partial charge in [-0.15, -0.1) is 0 Å². The molecule has 0 bridgehead atoms. The molecule has 1 aromatic rings. The summed E-state index contributed by atoms with van der Waals surface area (Å²) in [5.41, 5.74) is 4.33. The largest absolute Gasteiger partial charge is 0.314 e. The van der Waals surface area contributed by atoms with E-state index in [0.29, 0.717) is 0 Å². The number of nitrogens with one attached hydrogen (secondary N) is 1. The summed E-state index contributed by atoms with van der Waals surface area (Å²) in [5, 5.41) is 3.58. The zero-order chi connectivity index (χ0) is 11.5. The summed E-state index contributed by atoms with van der Waals surface area (Å²) in [6.07, 6.45) is 3.94. The first kappa shape index (κ1) is 11.7. The summed E-state index contributed by atoms with van der Waals surface area (Å²) in [6.45, 7) is 7.86. The Labute approximate surface area is 99.3 Å². The Morgan fingerprint density at radius 2 is 2.00 bits per heavy atom. The topological polar surface area (TPSA) is 12.0 Å². The van der Waals surface area contributed by atoms with E-state index in [1.807, 2.05) is 0 Å². The average molecular weight is 217 g/mol. The maximum absolute atomic E-state index is 3.58. The third-order valence-electron chi connectivity index (χ3n) is 3.86. The molecule has 1 aliphatic rings. The van der Waals surface area contributed by atoms with Crippen molar-refractivity contribution < 1.29 is 0 Å². The molecular weight excluding hydrogens is 194 g/mol. The molecule has 0 aromatic heterocycles. The molecule has 2 atom stereocenters. The summed E-state index contributed by atoms with van der Waals surface area (Å²) in [4.78, 5) is 0. The Morgan fingerprint density at radius 1 is 1.19 bits per heavy atom. The zero-order valence-corrected chi connectivity index (χ0v) is 10.7. The van der Waals surface area contributed by atoms with Crippen molar-refractivity contribution in [1.29, 1.82) is 0 Å². The van der Waals surface area contributed by atoms with Gasteiger partial charge in [0.25, 0.3) is 0 Å². The fraction of sp³-hybridized carbons (Fsp3) is 0.600. The van der Waals surface area contributed by atoms with E-state index in [-0.39, 0.29) is 0 Å². The SMILES string of the molecule is Cc1ccc(CC2CCC(C)NC2)cc1C. The second-order valence-electron chi connectivity index (χ2n) is 5.38. The van der Waals surface area contributed by atoms with E-state index in [4.69, 9.17) is 0 Å². The van der Waals surface area contributed by atoms with Gasteiger partial charge in [-0.25, -0.2) is 0 Å². The molecule has 1 aromatic carbocycles. The second kappa shape index (κ2) is 5.01. The van der Waals surface area contributed by atoms with Crippen molar-refractivity contribution in [3.63, 3.8) is 0 Å². The Bertz CT molecular complexity index is 348. The molecule has 88 valence electrons. The fourth-order valence-electron chi connectivity index (χ4n) is 2.50. The van der Waals surface area contributed by atoms with E-state index < -0.39 is 0 Å². The number of rotatable bonds is 2. The lowest BCUT2D eigenvalue weighted by Gasteiger charge is -2.27. The number of hydrogen-bond donors (Lipinski definition) is 1. The van der Waals surface area contributed by atoms with Gasteiger partial charge in [-0.1, -0.05) is 18.2 Å². The minimum absolute atomic E-state index is 0.719. The molecule has 0 amide bonds. The van der Waals surface area contributed by atoms with Gasteiger partial charge in [0.15, 0.2) is 0 Å². The molecule has 0 aliphatic carbocycles. The van der Waals surface area contributed by atoms with Gasteiger partial charge >= 0.3 is 0 Å². The van der Waals surface area contributed by atoms with Crippen LogP contribution in [0.15, 0.2) is 18.2 Å². The van der Waals surface area contributed by atoms with Gasteiger partial charge in [0.2, 0.25) is 0 Å². The molecule has 1 saturated heterocycles. The molecule has 1 heterocycles. The van der Waals surface area contributed by atoms with Crippen LogP contribution < -0.4 is 5.32 Å². The first-order chi connectivity index (χ1) is 7.65. The molecule has 2 unspecified atom stereocenters. The lowest BCUT2D eigenvalue weighted by atomic mass is 9.89. The Kier molecular flexibility index (Phi) is 3.65. The van der Waals surface area contributed by atoms with Crippen LogP contribution in [0, 0.1) is 19.8 Å². The highest BCUT2D eigenvalue weighted by molar-refractivity contribution is 5.30. The van der Waals surface area contributed by atoms with E-state index in [1.54, 1.807) is 0 Å². The number of aryl methyl sites for hydroxylation is 2. The van der Waals surface area contributed by atoms with Gasteiger partial charge in [-0.3, -0.25) is 0 Å². The molecule has 0 spiro atoms. The van der Waals surface area contributed by atoms with Crippen LogP contribution in [0.25, 0.3) is 0 Å². The van der Waals surface area contributed by atoms with E-state index in [9.17, 15) is 0 Å². The van der Waals surface area contributed by atoms with Crippen LogP contribution in [0.1, 0.15) is 36.5 Å².